The lowest BCUT2D eigenvalue weighted by Gasteiger charge is -2.41. The maximum Gasteiger partial charge on any atom is 0.313 e. The Morgan fingerprint density at radius 2 is 1.50 bits per heavy atom. The molecule has 1 aromatic carbocycles. The molecule has 0 radical (unpaired) electrons. The number of hydrogen-bond donors (Lipinski definition) is 3. The molecule has 20 nitrogen and oxygen atoms in total. The number of carbonyl (C=O) groups is 7. The maximum absolute atomic E-state index is 14.8. The van der Waals surface area contributed by atoms with Gasteiger partial charge in [-0.25, -0.2) is 4.99 Å². The second-order valence-corrected chi connectivity index (χ2v) is 22.4. The van der Waals surface area contributed by atoms with Crippen molar-refractivity contribution in [2.24, 2.45) is 22.7 Å². The van der Waals surface area contributed by atoms with E-state index in [1.165, 1.54) is 31.3 Å². The number of rotatable bonds is 26. The van der Waals surface area contributed by atoms with Crippen LogP contribution in [0.5, 0.6) is 0 Å². The molecular weight excluding hydrogens is 948 g/mol. The molecule has 6 amide bonds. The molecular formula is C51H81N8O12P. The fourth-order valence-corrected chi connectivity index (χ4v) is 11.5. The lowest BCUT2D eigenvalue weighted by molar-refractivity contribution is -0.146. The van der Waals surface area contributed by atoms with E-state index in [0.717, 1.165) is 0 Å². The van der Waals surface area contributed by atoms with Crippen molar-refractivity contribution in [3.63, 3.8) is 0 Å². The van der Waals surface area contributed by atoms with Gasteiger partial charge < -0.3 is 49.3 Å². The minimum atomic E-state index is -4.43. The Labute approximate surface area is 425 Å². The number of carboxylic acids is 1. The number of likely N-dealkylation sites (N-methyl/N-ethyl adjacent to an activating group) is 1. The number of carboxylic acid groups (broad SMARTS) is 1. The smallest absolute Gasteiger partial charge is 0.313 e. The Morgan fingerprint density at radius 1 is 0.875 bits per heavy atom. The first-order valence-electron chi connectivity index (χ1n) is 25.4. The fourth-order valence-electron chi connectivity index (χ4n) is 10.0. The Bertz CT molecular complexity index is 2110. The Hall–Kier alpha value is -5.17. The summed E-state index contributed by atoms with van der Waals surface area (Å²) in [5.41, 5.74) is 0.641. The predicted molar refractivity (Wildman–Crippen MR) is 273 cm³/mol. The molecule has 3 heterocycles. The highest BCUT2D eigenvalue weighted by Gasteiger charge is 2.44. The van der Waals surface area contributed by atoms with Crippen molar-refractivity contribution in [1.29, 1.82) is 0 Å². The van der Waals surface area contributed by atoms with Crippen LogP contribution in [-0.2, 0) is 54.0 Å². The van der Waals surface area contributed by atoms with E-state index in [0.29, 0.717) is 95.7 Å². The normalized spacial score (nSPS) is 20.2. The van der Waals surface area contributed by atoms with Crippen molar-refractivity contribution >= 4 is 54.7 Å². The van der Waals surface area contributed by atoms with Gasteiger partial charge in [-0.1, -0.05) is 77.8 Å². The number of likely N-dealkylation sites (tertiary alicyclic amines) is 1. The molecule has 0 bridgehead atoms. The summed E-state index contributed by atoms with van der Waals surface area (Å²) in [4.78, 5) is 118. The van der Waals surface area contributed by atoms with Gasteiger partial charge in [-0.15, -0.1) is 0 Å². The lowest BCUT2D eigenvalue weighted by atomic mass is 9.89. The zero-order valence-corrected chi connectivity index (χ0v) is 45.0. The molecule has 402 valence electrons. The van der Waals surface area contributed by atoms with Crippen LogP contribution in [0, 0.1) is 17.8 Å². The minimum absolute atomic E-state index is 0.0456. The largest absolute Gasteiger partial charge is 0.481 e. The number of piperazine rings is 1. The summed E-state index contributed by atoms with van der Waals surface area (Å²) in [6.45, 7) is 12.3. The Morgan fingerprint density at radius 3 is 2.06 bits per heavy atom. The molecule has 1 aromatic rings. The van der Waals surface area contributed by atoms with Crippen LogP contribution in [0.25, 0.3) is 0 Å². The number of nitrogens with one attached hydrogen (secondary N) is 1. The molecule has 1 unspecified atom stereocenters. The molecule has 0 aromatic heterocycles. The van der Waals surface area contributed by atoms with Crippen molar-refractivity contribution in [2.45, 2.75) is 129 Å². The van der Waals surface area contributed by atoms with Crippen molar-refractivity contribution in [3.05, 3.63) is 48.0 Å². The number of hydrogen-bond acceptors (Lipinski definition) is 11. The molecule has 0 spiro atoms. The number of methoxy groups -OCH3 is 2. The van der Waals surface area contributed by atoms with Crippen LogP contribution >= 0.6 is 7.37 Å². The van der Waals surface area contributed by atoms with E-state index in [4.69, 9.17) is 14.5 Å². The number of aliphatic carboxylic acids is 1. The first-order chi connectivity index (χ1) is 34.1. The van der Waals surface area contributed by atoms with E-state index < -0.39 is 67.4 Å². The van der Waals surface area contributed by atoms with Crippen LogP contribution in [0.4, 0.5) is 0 Å². The maximum atomic E-state index is 14.8. The number of aliphatic imine (C=N–C) groups is 1. The van der Waals surface area contributed by atoms with Gasteiger partial charge in [0.15, 0.2) is 5.96 Å². The topological polar surface area (TPSA) is 239 Å². The average molecular weight is 1030 g/mol. The molecule has 2 fully saturated rings. The van der Waals surface area contributed by atoms with Crippen LogP contribution < -0.4 is 5.32 Å². The first-order valence-corrected chi connectivity index (χ1v) is 27.3. The van der Waals surface area contributed by atoms with Gasteiger partial charge in [-0.2, -0.15) is 0 Å². The van der Waals surface area contributed by atoms with E-state index in [1.54, 1.807) is 54.1 Å². The molecule has 21 heteroatoms. The minimum Gasteiger partial charge on any atom is -0.481 e. The van der Waals surface area contributed by atoms with Gasteiger partial charge in [0.1, 0.15) is 18.0 Å². The monoisotopic (exact) mass is 1030 g/mol. The number of carbonyl (C=O) groups excluding carboxylic acids is 6. The van der Waals surface area contributed by atoms with Crippen LogP contribution in [-0.4, -0.2) is 204 Å². The highest BCUT2D eigenvalue weighted by atomic mass is 31.2. The van der Waals surface area contributed by atoms with Crippen molar-refractivity contribution in [2.75, 3.05) is 80.8 Å². The summed E-state index contributed by atoms with van der Waals surface area (Å²) in [7, 11) is 4.03. The number of nitrogens with zero attached hydrogens (tertiary/aromatic N) is 7. The zero-order valence-electron chi connectivity index (χ0n) is 44.1. The number of ether oxygens (including phenoxy) is 2. The molecule has 2 saturated heterocycles. The average Bonchev–Trinajstić information content (AvgIpc) is 3.96. The third-order valence-corrected chi connectivity index (χ3v) is 16.3. The third-order valence-electron chi connectivity index (χ3n) is 14.3. The highest BCUT2D eigenvalue weighted by molar-refractivity contribution is 7.59. The summed E-state index contributed by atoms with van der Waals surface area (Å²) < 4.78 is 25.4. The molecule has 3 aliphatic rings. The van der Waals surface area contributed by atoms with Gasteiger partial charge in [0, 0.05) is 99.6 Å². The standard InChI is InChI=1S/C51H81N8O12P/c1-11-35(4)47(55(8)50(67)46(34(2)3)53-51(54(6)7)57-29-27-56(28-30-57)41(60)22-16-13-17-25-59-42(61)23-24-43(59)62)39(70-9)32-44(63)58-26-18-21-38(58)48(71-10)36(5)49(66)52-40(72(68,69)33-45(64)65)31-37-19-14-12-15-20-37/h12,14-15,19-20,23-24,34-36,38-40,46-48H,11,13,16-18,21-22,25-33H2,1-10H3,(H,52,66)(H,64,65)(H,68,69)/b53-51-/t35-,36+,38-,39+,40+,46-,47-,48+/m0/s1. The van der Waals surface area contributed by atoms with Gasteiger partial charge in [-0.3, -0.25) is 43.0 Å². The molecule has 72 heavy (non-hydrogen) atoms. The van der Waals surface area contributed by atoms with Crippen molar-refractivity contribution in [1.82, 2.24) is 34.7 Å². The van der Waals surface area contributed by atoms with Gasteiger partial charge >= 0.3 is 5.97 Å². The summed E-state index contributed by atoms with van der Waals surface area (Å²) in [5.74, 6) is -5.08. The van der Waals surface area contributed by atoms with E-state index in [2.05, 4.69) is 10.2 Å². The lowest BCUT2D eigenvalue weighted by Crippen LogP contribution is -2.56. The van der Waals surface area contributed by atoms with E-state index in [-0.39, 0.29) is 54.2 Å². The summed E-state index contributed by atoms with van der Waals surface area (Å²) in [5, 5.41) is 12.1. The van der Waals surface area contributed by atoms with E-state index >= 15 is 0 Å². The van der Waals surface area contributed by atoms with Gasteiger partial charge in [0.25, 0.3) is 11.8 Å². The van der Waals surface area contributed by atoms with Crippen LogP contribution in [0.2, 0.25) is 0 Å². The van der Waals surface area contributed by atoms with Crippen LogP contribution in [0.3, 0.4) is 0 Å². The molecule has 3 N–H and O–H groups in total. The Balaban J connectivity index is 1.43. The second kappa shape index (κ2) is 27.8. The predicted octanol–water partition coefficient (Wildman–Crippen LogP) is 3.52. The Kier molecular flexibility index (Phi) is 22.9. The molecule has 0 saturated carbocycles. The van der Waals surface area contributed by atoms with Gasteiger partial charge in [-0.05, 0) is 43.1 Å². The van der Waals surface area contributed by atoms with Crippen molar-refractivity contribution < 1.29 is 57.6 Å². The SMILES string of the molecule is CC[C@H](C)[C@@H]([C@@H](CC(=O)N1CCC[C@H]1[C@H](OC)[C@@H](C)C(=O)N[C@@H](Cc1ccccc1)P(=O)(O)CC(=O)O)OC)N(C)C(=O)[C@@H](/N=C(/N(C)C)N1CCN(C(=O)CCCCCN2C(=O)C=CC2=O)CC1)C(C)C. The van der Waals surface area contributed by atoms with Crippen LogP contribution in [0.1, 0.15) is 91.5 Å². The zero-order chi connectivity index (χ0) is 53.4. The molecule has 0 aliphatic carbocycles. The first kappa shape index (κ1) is 59.4. The summed E-state index contributed by atoms with van der Waals surface area (Å²) in [6.07, 6.45) is 4.04. The summed E-state index contributed by atoms with van der Waals surface area (Å²) >= 11 is 0. The van der Waals surface area contributed by atoms with Crippen LogP contribution in [0.15, 0.2) is 47.5 Å². The summed E-state index contributed by atoms with van der Waals surface area (Å²) in [6, 6.07) is 6.87. The fraction of sp³-hybridized carbons (Fsp3) is 0.686. The highest BCUT2D eigenvalue weighted by Crippen LogP contribution is 2.46. The van der Waals surface area contributed by atoms with Gasteiger partial charge in [0.2, 0.25) is 31.0 Å². The number of imide groups is 1. The number of amides is 6. The van der Waals surface area contributed by atoms with E-state index in [1.807, 2.05) is 51.6 Å². The quantitative estimate of drug-likeness (QED) is 0.0396. The molecule has 4 rings (SSSR count). The second-order valence-electron chi connectivity index (χ2n) is 20.0. The number of benzene rings is 1. The number of unbranched alkanes of at least 4 members (excludes halogenated alkanes) is 2. The third kappa shape index (κ3) is 15.9. The van der Waals surface area contributed by atoms with E-state index in [9.17, 15) is 48.1 Å². The number of guanidine groups is 1. The van der Waals surface area contributed by atoms with Crippen molar-refractivity contribution in [3.8, 4) is 0 Å². The molecule has 9 atom stereocenters. The molecule has 3 aliphatic heterocycles. The van der Waals surface area contributed by atoms with Gasteiger partial charge in [0.05, 0.1) is 36.6 Å².